The summed E-state index contributed by atoms with van der Waals surface area (Å²) in [6.07, 6.45) is 1.73. The molecule has 0 aliphatic carbocycles. The lowest BCUT2D eigenvalue weighted by Crippen LogP contribution is -2.29. The molecule has 2 unspecified atom stereocenters. The third-order valence-corrected chi connectivity index (χ3v) is 5.30. The molecule has 3 aromatic rings. The highest BCUT2D eigenvalue weighted by molar-refractivity contribution is 5.74. The van der Waals surface area contributed by atoms with Gasteiger partial charge in [-0.2, -0.15) is 10.2 Å². The monoisotopic (exact) mass is 349 g/mol. The summed E-state index contributed by atoms with van der Waals surface area (Å²) in [6, 6.07) is 10.8. The van der Waals surface area contributed by atoms with Gasteiger partial charge in [-0.3, -0.25) is 0 Å². The number of nitriles is 1. The number of fused-ring (bicyclic) bond motifs is 2. The van der Waals surface area contributed by atoms with Crippen LogP contribution in [0.1, 0.15) is 5.56 Å². The Labute approximate surface area is 149 Å². The predicted molar refractivity (Wildman–Crippen MR) is 94.3 cm³/mol. The second-order valence-electron chi connectivity index (χ2n) is 6.92. The van der Waals surface area contributed by atoms with Crippen LogP contribution in [-0.4, -0.2) is 36.1 Å². The summed E-state index contributed by atoms with van der Waals surface area (Å²) >= 11 is 0. The maximum Gasteiger partial charge on any atom is 0.298 e. The fourth-order valence-corrected chi connectivity index (χ4v) is 4.08. The van der Waals surface area contributed by atoms with Crippen LogP contribution in [0.4, 0.5) is 16.2 Å². The van der Waals surface area contributed by atoms with Gasteiger partial charge < -0.3 is 14.2 Å². The van der Waals surface area contributed by atoms with Crippen molar-refractivity contribution in [2.45, 2.75) is 0 Å². The molecular formula is C19H16FN5O. The number of anilines is 2. The van der Waals surface area contributed by atoms with Crippen molar-refractivity contribution in [3.05, 3.63) is 47.9 Å². The molecular weight excluding hydrogens is 333 g/mol. The molecule has 2 atom stereocenters. The maximum absolute atomic E-state index is 13.3. The molecule has 5 rings (SSSR count). The Hall–Kier alpha value is -3.14. The standard InChI is InChI=1S/C19H16FN5O/c20-15-3-4-16-17(6-15)26-19(23-16)25-10-13-8-24(9-14(13)11-25)18-12(7-21)2-1-5-22-18/h1-6,13-14H,8-11H2. The number of hydrogen-bond donors (Lipinski definition) is 0. The Kier molecular flexibility index (Phi) is 3.32. The number of pyridine rings is 1. The van der Waals surface area contributed by atoms with Gasteiger partial charge in [-0.15, -0.1) is 0 Å². The van der Waals surface area contributed by atoms with Crippen LogP contribution < -0.4 is 9.80 Å². The lowest BCUT2D eigenvalue weighted by molar-refractivity contribution is 0.533. The molecule has 2 aromatic heterocycles. The smallest absolute Gasteiger partial charge is 0.298 e. The Balaban J connectivity index is 1.34. The number of benzene rings is 1. The van der Waals surface area contributed by atoms with Gasteiger partial charge in [0.1, 0.15) is 23.2 Å². The van der Waals surface area contributed by atoms with Crippen LogP contribution in [0.2, 0.25) is 0 Å². The van der Waals surface area contributed by atoms with E-state index in [1.807, 2.05) is 0 Å². The molecule has 2 saturated heterocycles. The normalized spacial score (nSPS) is 22.0. The van der Waals surface area contributed by atoms with Gasteiger partial charge in [0.2, 0.25) is 0 Å². The van der Waals surface area contributed by atoms with E-state index < -0.39 is 0 Å². The highest BCUT2D eigenvalue weighted by Crippen LogP contribution is 2.36. The summed E-state index contributed by atoms with van der Waals surface area (Å²) in [5, 5.41) is 9.29. The van der Waals surface area contributed by atoms with Gasteiger partial charge in [0.25, 0.3) is 6.01 Å². The Morgan fingerprint density at radius 1 is 1.12 bits per heavy atom. The number of hydrogen-bond acceptors (Lipinski definition) is 6. The molecule has 2 aliphatic rings. The molecule has 0 amide bonds. The van der Waals surface area contributed by atoms with E-state index in [0.717, 1.165) is 32.0 Å². The second-order valence-corrected chi connectivity index (χ2v) is 6.92. The van der Waals surface area contributed by atoms with Crippen molar-refractivity contribution in [1.29, 1.82) is 5.26 Å². The molecule has 0 N–H and O–H groups in total. The number of aromatic nitrogens is 2. The summed E-state index contributed by atoms with van der Waals surface area (Å²) < 4.78 is 19.1. The van der Waals surface area contributed by atoms with Crippen molar-refractivity contribution >= 4 is 22.9 Å². The predicted octanol–water partition coefficient (Wildman–Crippen LogP) is 2.81. The molecule has 2 aliphatic heterocycles. The maximum atomic E-state index is 13.3. The molecule has 0 bridgehead atoms. The van der Waals surface area contributed by atoms with E-state index in [9.17, 15) is 9.65 Å². The summed E-state index contributed by atoms with van der Waals surface area (Å²) in [5.41, 5.74) is 1.77. The first-order valence-electron chi connectivity index (χ1n) is 8.62. The molecule has 0 radical (unpaired) electrons. The second kappa shape index (κ2) is 5.70. The van der Waals surface area contributed by atoms with E-state index in [2.05, 4.69) is 25.8 Å². The summed E-state index contributed by atoms with van der Waals surface area (Å²) in [4.78, 5) is 13.2. The van der Waals surface area contributed by atoms with Gasteiger partial charge in [0.05, 0.1) is 5.56 Å². The quantitative estimate of drug-likeness (QED) is 0.709. The van der Waals surface area contributed by atoms with E-state index in [0.29, 0.717) is 34.5 Å². The van der Waals surface area contributed by atoms with Gasteiger partial charge in [-0.05, 0) is 24.3 Å². The van der Waals surface area contributed by atoms with Gasteiger partial charge >= 0.3 is 0 Å². The Bertz CT molecular complexity index is 1010. The van der Waals surface area contributed by atoms with Crippen molar-refractivity contribution in [3.63, 3.8) is 0 Å². The van der Waals surface area contributed by atoms with Crippen LogP contribution in [0.3, 0.4) is 0 Å². The molecule has 6 nitrogen and oxygen atoms in total. The minimum Gasteiger partial charge on any atom is -0.423 e. The zero-order valence-electron chi connectivity index (χ0n) is 14.0. The van der Waals surface area contributed by atoms with E-state index in [4.69, 9.17) is 4.42 Å². The third kappa shape index (κ3) is 2.37. The van der Waals surface area contributed by atoms with E-state index >= 15 is 0 Å². The zero-order chi connectivity index (χ0) is 17.7. The average Bonchev–Trinajstić information content (AvgIpc) is 3.33. The molecule has 26 heavy (non-hydrogen) atoms. The van der Waals surface area contributed by atoms with Crippen LogP contribution in [0.5, 0.6) is 0 Å². The topological polar surface area (TPSA) is 69.2 Å². The summed E-state index contributed by atoms with van der Waals surface area (Å²) in [5.74, 6) is 1.39. The lowest BCUT2D eigenvalue weighted by Gasteiger charge is -2.22. The van der Waals surface area contributed by atoms with Gasteiger partial charge in [-0.25, -0.2) is 9.37 Å². The van der Waals surface area contributed by atoms with Crippen LogP contribution >= 0.6 is 0 Å². The molecule has 1 aromatic carbocycles. The minimum absolute atomic E-state index is 0.321. The Morgan fingerprint density at radius 3 is 2.65 bits per heavy atom. The van der Waals surface area contributed by atoms with Crippen molar-refractivity contribution in [3.8, 4) is 6.07 Å². The molecule has 130 valence electrons. The van der Waals surface area contributed by atoms with E-state index in [1.54, 1.807) is 24.4 Å². The van der Waals surface area contributed by atoms with Crippen molar-refractivity contribution in [2.24, 2.45) is 11.8 Å². The first kappa shape index (κ1) is 15.1. The van der Waals surface area contributed by atoms with Crippen molar-refractivity contribution < 1.29 is 8.81 Å². The van der Waals surface area contributed by atoms with Crippen LogP contribution in [0, 0.1) is 29.0 Å². The number of nitrogens with zero attached hydrogens (tertiary/aromatic N) is 5. The van der Waals surface area contributed by atoms with Crippen molar-refractivity contribution in [1.82, 2.24) is 9.97 Å². The van der Waals surface area contributed by atoms with Gasteiger partial charge in [-0.1, -0.05) is 0 Å². The highest BCUT2D eigenvalue weighted by Gasteiger charge is 2.42. The Morgan fingerprint density at radius 2 is 1.88 bits per heavy atom. The fourth-order valence-electron chi connectivity index (χ4n) is 4.08. The first-order chi connectivity index (χ1) is 12.7. The average molecular weight is 349 g/mol. The lowest BCUT2D eigenvalue weighted by atomic mass is 10.0. The molecule has 0 saturated carbocycles. The number of oxazole rings is 1. The summed E-state index contributed by atoms with van der Waals surface area (Å²) in [6.45, 7) is 3.40. The molecule has 2 fully saturated rings. The van der Waals surface area contributed by atoms with Gasteiger partial charge in [0, 0.05) is 50.3 Å². The van der Waals surface area contributed by atoms with Gasteiger partial charge in [0.15, 0.2) is 5.58 Å². The largest absolute Gasteiger partial charge is 0.423 e. The number of rotatable bonds is 2. The van der Waals surface area contributed by atoms with Crippen molar-refractivity contribution in [2.75, 3.05) is 36.0 Å². The summed E-state index contributed by atoms with van der Waals surface area (Å²) in [7, 11) is 0. The van der Waals surface area contributed by atoms with E-state index in [1.165, 1.54) is 12.1 Å². The van der Waals surface area contributed by atoms with E-state index in [-0.39, 0.29) is 5.82 Å². The molecule has 7 heteroatoms. The molecule has 4 heterocycles. The zero-order valence-corrected chi connectivity index (χ0v) is 14.0. The third-order valence-electron chi connectivity index (χ3n) is 5.30. The minimum atomic E-state index is -0.321. The molecule has 0 spiro atoms. The van der Waals surface area contributed by atoms with Crippen LogP contribution in [0.25, 0.3) is 11.1 Å². The highest BCUT2D eigenvalue weighted by atomic mass is 19.1. The first-order valence-corrected chi connectivity index (χ1v) is 8.62. The SMILES string of the molecule is N#Cc1cccnc1N1CC2CN(c3nc4ccc(F)cc4o3)CC2C1. The number of halogens is 1. The fraction of sp³-hybridized carbons (Fsp3) is 0.316. The van der Waals surface area contributed by atoms with Crippen LogP contribution in [0.15, 0.2) is 40.9 Å². The van der Waals surface area contributed by atoms with Crippen LogP contribution in [-0.2, 0) is 0 Å².